The topological polar surface area (TPSA) is 64.4 Å². The smallest absolute Gasteiger partial charge is 0.220 e. The van der Waals surface area contributed by atoms with Gasteiger partial charge in [-0.3, -0.25) is 4.79 Å². The maximum atomic E-state index is 11.7. The number of carbonyl (C=O) groups excluding carboxylic acids is 1. The first kappa shape index (κ1) is 18.4. The molecule has 0 bridgehead atoms. The number of unbranched alkanes of at least 4 members (excludes halogenated alkanes) is 1. The summed E-state index contributed by atoms with van der Waals surface area (Å²) >= 11 is 0. The lowest BCUT2D eigenvalue weighted by molar-refractivity contribution is -0.122. The first-order valence-corrected chi connectivity index (χ1v) is 7.54. The summed E-state index contributed by atoms with van der Waals surface area (Å²) in [6, 6.07) is 0. The first-order chi connectivity index (χ1) is 8.95. The van der Waals surface area contributed by atoms with E-state index in [0.717, 1.165) is 32.4 Å². The molecule has 0 unspecified atom stereocenters. The van der Waals surface area contributed by atoms with E-state index in [4.69, 9.17) is 10.5 Å². The number of rotatable bonds is 11. The largest absolute Gasteiger partial charge is 0.379 e. The number of nitrogens with one attached hydrogen (secondary N) is 1. The Hall–Kier alpha value is -0.610. The SMILES string of the molecule is CC(C)C[C@H](CN)CC(=O)NCCCCOC(C)C. The summed E-state index contributed by atoms with van der Waals surface area (Å²) in [6.07, 6.45) is 3.82. The van der Waals surface area contributed by atoms with Crippen LogP contribution >= 0.6 is 0 Å². The molecule has 0 radical (unpaired) electrons. The molecule has 0 heterocycles. The molecule has 0 rings (SSSR count). The Morgan fingerprint density at radius 3 is 2.42 bits per heavy atom. The van der Waals surface area contributed by atoms with Gasteiger partial charge in [-0.25, -0.2) is 0 Å². The maximum absolute atomic E-state index is 11.7. The van der Waals surface area contributed by atoms with Crippen LogP contribution in [-0.2, 0) is 9.53 Å². The van der Waals surface area contributed by atoms with Gasteiger partial charge in [0.2, 0.25) is 5.91 Å². The average molecular weight is 272 g/mol. The van der Waals surface area contributed by atoms with Crippen LogP contribution < -0.4 is 11.1 Å². The maximum Gasteiger partial charge on any atom is 0.220 e. The second kappa shape index (κ2) is 11.2. The summed E-state index contributed by atoms with van der Waals surface area (Å²) in [5.74, 6) is 1.03. The monoisotopic (exact) mass is 272 g/mol. The van der Waals surface area contributed by atoms with Crippen molar-refractivity contribution in [3.05, 3.63) is 0 Å². The van der Waals surface area contributed by atoms with Gasteiger partial charge >= 0.3 is 0 Å². The molecule has 19 heavy (non-hydrogen) atoms. The highest BCUT2D eigenvalue weighted by Crippen LogP contribution is 2.13. The molecule has 0 aromatic heterocycles. The summed E-state index contributed by atoms with van der Waals surface area (Å²) in [7, 11) is 0. The van der Waals surface area contributed by atoms with Crippen LogP contribution in [-0.4, -0.2) is 31.7 Å². The van der Waals surface area contributed by atoms with Crippen LogP contribution in [0.2, 0.25) is 0 Å². The van der Waals surface area contributed by atoms with Gasteiger partial charge in [0.1, 0.15) is 0 Å². The summed E-state index contributed by atoms with van der Waals surface area (Å²) in [4.78, 5) is 11.7. The highest BCUT2D eigenvalue weighted by atomic mass is 16.5. The minimum Gasteiger partial charge on any atom is -0.379 e. The Balaban J connectivity index is 3.57. The predicted molar refractivity (Wildman–Crippen MR) is 79.9 cm³/mol. The van der Waals surface area contributed by atoms with Crippen molar-refractivity contribution in [2.75, 3.05) is 19.7 Å². The average Bonchev–Trinajstić information content (AvgIpc) is 2.31. The fourth-order valence-electron chi connectivity index (χ4n) is 2.04. The molecule has 1 amide bonds. The molecular formula is C15H32N2O2. The van der Waals surface area contributed by atoms with Crippen LogP contribution in [0.5, 0.6) is 0 Å². The standard InChI is InChI=1S/C15H32N2O2/c1-12(2)9-14(11-16)10-15(18)17-7-5-6-8-19-13(3)4/h12-14H,5-11,16H2,1-4H3,(H,17,18)/t14-/m0/s1. The Kier molecular flexibility index (Phi) is 10.9. The summed E-state index contributed by atoms with van der Waals surface area (Å²) in [5, 5.41) is 2.96. The van der Waals surface area contributed by atoms with Crippen LogP contribution in [0.3, 0.4) is 0 Å². The van der Waals surface area contributed by atoms with Crippen molar-refractivity contribution >= 4 is 5.91 Å². The molecule has 4 nitrogen and oxygen atoms in total. The van der Waals surface area contributed by atoms with E-state index in [0.29, 0.717) is 24.8 Å². The van der Waals surface area contributed by atoms with Crippen molar-refractivity contribution in [3.8, 4) is 0 Å². The molecule has 0 aliphatic heterocycles. The summed E-state index contributed by atoms with van der Waals surface area (Å²) in [6.45, 7) is 10.5. The molecular weight excluding hydrogens is 240 g/mol. The van der Waals surface area contributed by atoms with E-state index >= 15 is 0 Å². The van der Waals surface area contributed by atoms with Crippen molar-refractivity contribution in [1.82, 2.24) is 5.32 Å². The number of ether oxygens (including phenoxy) is 1. The van der Waals surface area contributed by atoms with Gasteiger partial charge in [0.25, 0.3) is 0 Å². The van der Waals surface area contributed by atoms with Gasteiger partial charge in [0, 0.05) is 19.6 Å². The molecule has 0 spiro atoms. The fourth-order valence-corrected chi connectivity index (χ4v) is 2.04. The minimum atomic E-state index is 0.126. The lowest BCUT2D eigenvalue weighted by Crippen LogP contribution is -2.29. The predicted octanol–water partition coefficient (Wildman–Crippen LogP) is 2.32. The van der Waals surface area contributed by atoms with E-state index in [1.54, 1.807) is 0 Å². The highest BCUT2D eigenvalue weighted by molar-refractivity contribution is 5.76. The van der Waals surface area contributed by atoms with Gasteiger partial charge in [-0.2, -0.15) is 0 Å². The fraction of sp³-hybridized carbons (Fsp3) is 0.933. The molecule has 0 fully saturated rings. The zero-order valence-electron chi connectivity index (χ0n) is 13.1. The third-order valence-electron chi connectivity index (χ3n) is 2.96. The van der Waals surface area contributed by atoms with E-state index in [2.05, 4.69) is 19.2 Å². The number of hydrogen-bond donors (Lipinski definition) is 2. The third-order valence-corrected chi connectivity index (χ3v) is 2.96. The molecule has 0 saturated heterocycles. The first-order valence-electron chi connectivity index (χ1n) is 7.54. The van der Waals surface area contributed by atoms with E-state index in [9.17, 15) is 4.79 Å². The number of hydrogen-bond acceptors (Lipinski definition) is 3. The van der Waals surface area contributed by atoms with Crippen LogP contribution in [0.25, 0.3) is 0 Å². The Labute approximate surface area is 118 Å². The van der Waals surface area contributed by atoms with Crippen LogP contribution in [0.15, 0.2) is 0 Å². The van der Waals surface area contributed by atoms with E-state index in [1.165, 1.54) is 0 Å². The molecule has 1 atom stereocenters. The van der Waals surface area contributed by atoms with Crippen molar-refractivity contribution < 1.29 is 9.53 Å². The van der Waals surface area contributed by atoms with E-state index in [1.807, 2.05) is 13.8 Å². The van der Waals surface area contributed by atoms with Crippen LogP contribution in [0.1, 0.15) is 53.4 Å². The van der Waals surface area contributed by atoms with Gasteiger partial charge < -0.3 is 15.8 Å². The Morgan fingerprint density at radius 2 is 1.89 bits per heavy atom. The number of carbonyl (C=O) groups is 1. The van der Waals surface area contributed by atoms with Gasteiger partial charge in [0.15, 0.2) is 0 Å². The molecule has 0 saturated carbocycles. The summed E-state index contributed by atoms with van der Waals surface area (Å²) < 4.78 is 5.45. The minimum absolute atomic E-state index is 0.126. The molecule has 0 aromatic carbocycles. The van der Waals surface area contributed by atoms with Gasteiger partial charge in [-0.05, 0) is 51.5 Å². The van der Waals surface area contributed by atoms with Crippen LogP contribution in [0, 0.1) is 11.8 Å². The second-order valence-electron chi connectivity index (χ2n) is 5.91. The molecule has 4 heteroatoms. The van der Waals surface area contributed by atoms with Gasteiger partial charge in [-0.15, -0.1) is 0 Å². The van der Waals surface area contributed by atoms with Crippen molar-refractivity contribution in [2.45, 2.75) is 59.5 Å². The molecule has 0 aliphatic carbocycles. The third kappa shape index (κ3) is 12.2. The van der Waals surface area contributed by atoms with Crippen molar-refractivity contribution in [3.63, 3.8) is 0 Å². The van der Waals surface area contributed by atoms with E-state index in [-0.39, 0.29) is 12.0 Å². The zero-order valence-corrected chi connectivity index (χ0v) is 13.1. The quantitative estimate of drug-likeness (QED) is 0.567. The highest BCUT2D eigenvalue weighted by Gasteiger charge is 2.13. The Bertz CT molecular complexity index is 230. The van der Waals surface area contributed by atoms with Gasteiger partial charge in [-0.1, -0.05) is 13.8 Å². The van der Waals surface area contributed by atoms with E-state index < -0.39 is 0 Å². The van der Waals surface area contributed by atoms with Crippen molar-refractivity contribution in [1.29, 1.82) is 0 Å². The summed E-state index contributed by atoms with van der Waals surface area (Å²) in [5.41, 5.74) is 5.70. The lowest BCUT2D eigenvalue weighted by atomic mass is 9.94. The van der Waals surface area contributed by atoms with Crippen LogP contribution in [0.4, 0.5) is 0 Å². The Morgan fingerprint density at radius 1 is 1.21 bits per heavy atom. The molecule has 114 valence electrons. The lowest BCUT2D eigenvalue weighted by Gasteiger charge is -2.16. The number of nitrogens with two attached hydrogens (primary N) is 1. The van der Waals surface area contributed by atoms with Gasteiger partial charge in [0.05, 0.1) is 6.10 Å². The molecule has 3 N–H and O–H groups in total. The molecule has 0 aliphatic rings. The normalized spacial score (nSPS) is 13.0. The second-order valence-corrected chi connectivity index (χ2v) is 5.91. The zero-order chi connectivity index (χ0) is 14.7. The number of amides is 1. The van der Waals surface area contributed by atoms with Crippen molar-refractivity contribution in [2.24, 2.45) is 17.6 Å². The molecule has 0 aromatic rings.